The predicted octanol–water partition coefficient (Wildman–Crippen LogP) is 19.2. The fourth-order valence-corrected chi connectivity index (χ4v) is 16.1. The number of amides is 4. The van der Waals surface area contributed by atoms with E-state index in [0.29, 0.717) is 74.6 Å². The lowest BCUT2D eigenvalue weighted by atomic mass is 9.84. The number of likely N-dealkylation sites (tertiary alicyclic amines) is 2. The summed E-state index contributed by atoms with van der Waals surface area (Å²) in [5.74, 6) is -0.0604. The van der Waals surface area contributed by atoms with Gasteiger partial charge in [0.1, 0.15) is 44.7 Å². The molecule has 6 fully saturated rings. The Bertz CT molecular complexity index is 3930. The van der Waals surface area contributed by atoms with Crippen LogP contribution in [0.5, 0.6) is 0 Å². The number of benzene rings is 6. The first-order chi connectivity index (χ1) is 48.6. The van der Waals surface area contributed by atoms with Crippen LogP contribution in [0.25, 0.3) is 0 Å². The molecule has 6 atom stereocenters. The second kappa shape index (κ2) is 31.4. The van der Waals surface area contributed by atoms with E-state index >= 15 is 0 Å². The van der Waals surface area contributed by atoms with E-state index in [1.165, 1.54) is 96.6 Å². The molecule has 6 aromatic carbocycles. The third-order valence-corrected chi connectivity index (χ3v) is 21.1. The van der Waals surface area contributed by atoms with Crippen LogP contribution in [-0.2, 0) is 19.1 Å². The number of rotatable bonds is 16. The first-order valence-electron chi connectivity index (χ1n) is 35.4. The third-order valence-electron chi connectivity index (χ3n) is 20.5. The number of carbonyl (C=O) groups excluding carboxylic acids is 4. The molecule has 0 spiro atoms. The van der Waals surface area contributed by atoms with E-state index < -0.39 is 79.1 Å². The summed E-state index contributed by atoms with van der Waals surface area (Å²) < 4.78 is 11.0. The van der Waals surface area contributed by atoms with E-state index in [0.717, 1.165) is 48.2 Å². The van der Waals surface area contributed by atoms with Gasteiger partial charge in [-0.05, 0) is 212 Å². The quantitative estimate of drug-likeness (QED) is 0.0672. The summed E-state index contributed by atoms with van der Waals surface area (Å²) in [4.78, 5) is 107. The van der Waals surface area contributed by atoms with Crippen molar-refractivity contribution in [3.63, 3.8) is 0 Å². The number of nitro benzene ring substituents is 4. The topological polar surface area (TPSA) is 296 Å². The predicted molar refractivity (Wildman–Crippen MR) is 391 cm³/mol. The molecule has 0 radical (unpaired) electrons. The zero-order valence-corrected chi connectivity index (χ0v) is 59.9. The van der Waals surface area contributed by atoms with Gasteiger partial charge in [-0.1, -0.05) is 110 Å². The van der Waals surface area contributed by atoms with E-state index in [1.807, 2.05) is 12.1 Å². The molecule has 6 aliphatic rings. The molecule has 0 unspecified atom stereocenters. The number of hydrogen-bond acceptors (Lipinski definition) is 16. The van der Waals surface area contributed by atoms with Crippen molar-refractivity contribution in [3.8, 4) is 0 Å². The highest BCUT2D eigenvalue weighted by Gasteiger charge is 2.43. The Labute approximate surface area is 603 Å². The maximum absolute atomic E-state index is 13.6. The lowest BCUT2D eigenvalue weighted by molar-refractivity contribution is -0.384. The van der Waals surface area contributed by atoms with Crippen molar-refractivity contribution in [2.45, 2.75) is 216 Å². The molecule has 26 heteroatoms. The van der Waals surface area contributed by atoms with E-state index in [9.17, 15) is 59.6 Å². The Morgan fingerprint density at radius 1 is 0.392 bits per heavy atom. The molecular weight excluding hydrogens is 1350 g/mol. The minimum atomic E-state index is -0.856. The number of carbonyl (C=O) groups is 4. The molecule has 6 aromatic rings. The van der Waals surface area contributed by atoms with Crippen molar-refractivity contribution in [1.29, 1.82) is 0 Å². The lowest BCUT2D eigenvalue weighted by Crippen LogP contribution is -2.45. The van der Waals surface area contributed by atoms with Crippen molar-refractivity contribution in [1.82, 2.24) is 9.80 Å². The monoisotopic (exact) mass is 1430 g/mol. The van der Waals surface area contributed by atoms with Crippen molar-refractivity contribution in [2.24, 2.45) is 0 Å². The minimum Gasteiger partial charge on any atom is -0.444 e. The van der Waals surface area contributed by atoms with Crippen LogP contribution in [0.3, 0.4) is 0 Å². The van der Waals surface area contributed by atoms with E-state index in [1.54, 1.807) is 77.9 Å². The Morgan fingerprint density at radius 3 is 0.990 bits per heavy atom. The highest BCUT2D eigenvalue weighted by atomic mass is 35.5. The van der Waals surface area contributed by atoms with Gasteiger partial charge in [0.25, 0.3) is 22.7 Å². The SMILES string of the molecule is CC(C)(C)OC(=O)N1CCC[C@H]1C(=O)Nc1ccc([C@H]2CC[C@H](c3ccc(NC(=O)[C@@H]4CCCN4C(=O)OC(C)(C)C)c([N+](=O)[O-])c3)N2c2ccc(C3CCCCC3)cc2)cc1[N+](=O)[O-].O=[N+]([O-])c1cc([C@H]2CC[C@H](c3ccc(Cl)c([N+](=O)[O-])c3)N2c2ccc(C3CCCCC3)cc2)ccc1Cl. The van der Waals surface area contributed by atoms with Crippen LogP contribution in [0, 0.1) is 40.5 Å². The average molecular weight is 1440 g/mol. The van der Waals surface area contributed by atoms with Crippen molar-refractivity contribution in [2.75, 3.05) is 33.5 Å². The molecule has 12 rings (SSSR count). The molecular formula is C76H88Cl2N10O14. The smallest absolute Gasteiger partial charge is 0.410 e. The lowest BCUT2D eigenvalue weighted by Gasteiger charge is -2.34. The second-order valence-electron chi connectivity index (χ2n) is 29.5. The molecule has 2 aliphatic carbocycles. The highest BCUT2D eigenvalue weighted by Crippen LogP contribution is 2.52. The maximum atomic E-state index is 13.6. The van der Waals surface area contributed by atoms with Crippen LogP contribution in [0.1, 0.15) is 227 Å². The molecule has 4 amide bonds. The van der Waals surface area contributed by atoms with Gasteiger partial charge in [0.05, 0.1) is 43.9 Å². The number of ether oxygens (including phenoxy) is 2. The summed E-state index contributed by atoms with van der Waals surface area (Å²) in [7, 11) is 0. The summed E-state index contributed by atoms with van der Waals surface area (Å²) in [6.45, 7) is 11.1. The molecule has 102 heavy (non-hydrogen) atoms. The summed E-state index contributed by atoms with van der Waals surface area (Å²) in [6.07, 6.45) is 15.3. The zero-order chi connectivity index (χ0) is 72.9. The fourth-order valence-electron chi connectivity index (χ4n) is 15.7. The molecule has 540 valence electrons. The molecule has 4 aliphatic heterocycles. The summed E-state index contributed by atoms with van der Waals surface area (Å²) >= 11 is 12.2. The van der Waals surface area contributed by atoms with Gasteiger partial charge in [-0.2, -0.15) is 0 Å². The number of nitro groups is 4. The van der Waals surface area contributed by atoms with Gasteiger partial charge in [0.2, 0.25) is 11.8 Å². The largest absolute Gasteiger partial charge is 0.444 e. The fraction of sp³-hybridized carbons (Fsp3) is 0.474. The molecule has 4 saturated heterocycles. The Hall–Kier alpha value is -9.42. The van der Waals surface area contributed by atoms with Gasteiger partial charge in [0.15, 0.2) is 0 Å². The maximum Gasteiger partial charge on any atom is 0.410 e. The first-order valence-corrected chi connectivity index (χ1v) is 36.2. The first kappa shape index (κ1) is 73.8. The van der Waals surface area contributed by atoms with Crippen molar-refractivity contribution < 1.29 is 48.3 Å². The molecule has 2 saturated carbocycles. The van der Waals surface area contributed by atoms with Crippen molar-refractivity contribution >= 4 is 92.7 Å². The Morgan fingerprint density at radius 2 is 0.686 bits per heavy atom. The number of nitrogens with zero attached hydrogens (tertiary/aromatic N) is 8. The van der Waals surface area contributed by atoms with Gasteiger partial charge in [-0.15, -0.1) is 0 Å². The van der Waals surface area contributed by atoms with Crippen molar-refractivity contribution in [3.05, 3.63) is 205 Å². The number of anilines is 4. The summed E-state index contributed by atoms with van der Waals surface area (Å²) in [6, 6.07) is 33.5. The highest BCUT2D eigenvalue weighted by molar-refractivity contribution is 6.33. The minimum absolute atomic E-state index is 0.00204. The number of hydrogen-bond donors (Lipinski definition) is 2. The number of nitrogens with one attached hydrogen (secondary N) is 2. The van der Waals surface area contributed by atoms with Crippen LogP contribution in [-0.4, -0.2) is 89.9 Å². The Kier molecular flexibility index (Phi) is 22.7. The van der Waals surface area contributed by atoms with Gasteiger partial charge >= 0.3 is 12.2 Å². The van der Waals surface area contributed by atoms with Gasteiger partial charge in [-0.25, -0.2) is 9.59 Å². The number of halogens is 2. The van der Waals surface area contributed by atoms with Crippen LogP contribution in [0.4, 0.5) is 55.1 Å². The zero-order valence-electron chi connectivity index (χ0n) is 58.4. The van der Waals surface area contributed by atoms with E-state index in [4.69, 9.17) is 32.7 Å². The van der Waals surface area contributed by atoms with Crippen LogP contribution in [0.15, 0.2) is 121 Å². The van der Waals surface area contributed by atoms with Crippen LogP contribution < -0.4 is 20.4 Å². The Balaban J connectivity index is 0.000000238. The van der Waals surface area contributed by atoms with E-state index in [2.05, 4.69) is 69.0 Å². The summed E-state index contributed by atoms with van der Waals surface area (Å²) in [5, 5.41) is 54.2. The standard InChI is InChI=1S/C48H61N7O10.C28H27Cl2N3O4/c1-47(2,3)64-45(58)51-26-10-14-39(51)43(56)49-35-22-18-32(28-41(35)54(60)61)37-24-25-38(53(37)34-20-16-31(17-21-34)30-12-8-7-9-13-30)33-19-23-36(42(29-33)55(62)63)50-44(57)40-15-11-27-52(40)46(59)65-48(4,5)6;29-23-12-8-20(16-27(23)32(34)35)25-14-15-26(21-9-13-24(30)28(17-21)33(36)37)31(25)22-10-6-19(7-11-22)18-4-2-1-3-5-18/h16-23,28-30,37-40H,7-15,24-27H2,1-6H3,(H,49,56)(H,50,57);6-13,16-18,25-26H,1-5,14-15H2/t37-,38-,39+,40+;25-,26-/m11/s1. The molecule has 2 N–H and O–H groups in total. The van der Waals surface area contributed by atoms with Crippen LogP contribution >= 0.6 is 23.2 Å². The van der Waals surface area contributed by atoms with Crippen LogP contribution in [0.2, 0.25) is 10.0 Å². The molecule has 0 aromatic heterocycles. The van der Waals surface area contributed by atoms with E-state index in [-0.39, 0.29) is 56.3 Å². The second-order valence-corrected chi connectivity index (χ2v) is 30.3. The normalized spacial score (nSPS) is 21.1. The third kappa shape index (κ3) is 17.0. The summed E-state index contributed by atoms with van der Waals surface area (Å²) in [5.41, 5.74) is 4.80. The molecule has 24 nitrogen and oxygen atoms in total. The van der Waals surface area contributed by atoms with Gasteiger partial charge in [0, 0.05) is 48.7 Å². The average Bonchev–Trinajstić information content (AvgIpc) is 1.59. The molecule has 4 heterocycles. The molecule has 0 bridgehead atoms. The van der Waals surface area contributed by atoms with Gasteiger partial charge < -0.3 is 29.9 Å². The van der Waals surface area contributed by atoms with Gasteiger partial charge in [-0.3, -0.25) is 59.8 Å².